The lowest BCUT2D eigenvalue weighted by atomic mass is 10.1. The molecule has 1 unspecified atom stereocenters. The monoisotopic (exact) mass is 400 g/mol. The Morgan fingerprint density at radius 1 is 1.10 bits per heavy atom. The summed E-state index contributed by atoms with van der Waals surface area (Å²) in [5, 5.41) is 0. The molecule has 1 amide bonds. The van der Waals surface area contributed by atoms with Crippen molar-refractivity contribution < 1.29 is 19.0 Å². The third-order valence-electron chi connectivity index (χ3n) is 5.00. The summed E-state index contributed by atoms with van der Waals surface area (Å²) in [5.74, 6) is 1.68. The largest absolute Gasteiger partial charge is 0.490 e. The first-order valence-corrected chi connectivity index (χ1v) is 9.96. The van der Waals surface area contributed by atoms with Gasteiger partial charge in [0.15, 0.2) is 11.5 Å². The van der Waals surface area contributed by atoms with Crippen molar-refractivity contribution in [2.75, 3.05) is 26.3 Å². The van der Waals surface area contributed by atoms with E-state index < -0.39 is 0 Å². The van der Waals surface area contributed by atoms with E-state index in [0.29, 0.717) is 49.1 Å². The quantitative estimate of drug-likeness (QED) is 0.715. The molecule has 0 spiro atoms. The second-order valence-corrected chi connectivity index (χ2v) is 7.04. The van der Waals surface area contributed by atoms with Crippen LogP contribution in [0.5, 0.6) is 17.2 Å². The number of likely N-dealkylation sites (tertiary alicyclic amines) is 1. The number of hydrogen-bond acceptors (Lipinski definition) is 5. The number of benzene rings is 1. The van der Waals surface area contributed by atoms with Crippen LogP contribution in [0.1, 0.15) is 36.3 Å². The number of pyridine rings is 1. The first-order chi connectivity index (χ1) is 13.9. The van der Waals surface area contributed by atoms with Gasteiger partial charge in [0.2, 0.25) is 0 Å². The average molecular weight is 400 g/mol. The molecule has 1 aromatic carbocycles. The highest BCUT2D eigenvalue weighted by atomic mass is 16.5. The number of aryl methyl sites for hydroxylation is 1. The van der Waals surface area contributed by atoms with Gasteiger partial charge >= 0.3 is 0 Å². The van der Waals surface area contributed by atoms with Crippen molar-refractivity contribution in [3.63, 3.8) is 0 Å². The third-order valence-corrected chi connectivity index (χ3v) is 5.00. The van der Waals surface area contributed by atoms with Gasteiger partial charge in [0.25, 0.3) is 11.5 Å². The van der Waals surface area contributed by atoms with Gasteiger partial charge in [-0.25, -0.2) is 0 Å². The molecule has 2 heterocycles. The van der Waals surface area contributed by atoms with Crippen LogP contribution in [0, 0.1) is 6.92 Å². The molecular weight excluding hydrogens is 372 g/mol. The van der Waals surface area contributed by atoms with E-state index in [9.17, 15) is 9.59 Å². The number of carbonyl (C=O) groups excluding carboxylic acids is 1. The Bertz CT molecular complexity index is 937. The van der Waals surface area contributed by atoms with Gasteiger partial charge in [0.05, 0.1) is 19.8 Å². The number of hydrogen-bond donors (Lipinski definition) is 0. The number of rotatable bonds is 7. The van der Waals surface area contributed by atoms with Crippen LogP contribution in [0.2, 0.25) is 0 Å². The molecule has 3 rings (SSSR count). The minimum absolute atomic E-state index is 0.0692. The van der Waals surface area contributed by atoms with Crippen molar-refractivity contribution in [1.82, 2.24) is 9.47 Å². The maximum atomic E-state index is 12.9. The number of carbonyl (C=O) groups is 1. The second kappa shape index (κ2) is 9.03. The van der Waals surface area contributed by atoms with Crippen molar-refractivity contribution in [3.8, 4) is 17.2 Å². The van der Waals surface area contributed by atoms with Gasteiger partial charge in [-0.2, -0.15) is 0 Å². The predicted octanol–water partition coefficient (Wildman–Crippen LogP) is 2.78. The number of amides is 1. The van der Waals surface area contributed by atoms with E-state index in [1.165, 1.54) is 6.07 Å². The van der Waals surface area contributed by atoms with E-state index in [-0.39, 0.29) is 17.6 Å². The van der Waals surface area contributed by atoms with E-state index in [4.69, 9.17) is 14.2 Å². The highest BCUT2D eigenvalue weighted by Crippen LogP contribution is 2.29. The van der Waals surface area contributed by atoms with E-state index in [1.807, 2.05) is 26.8 Å². The molecule has 0 N–H and O–H groups in total. The average Bonchev–Trinajstić information content (AvgIpc) is 3.15. The molecule has 156 valence electrons. The Kier molecular flexibility index (Phi) is 6.46. The molecule has 0 bridgehead atoms. The van der Waals surface area contributed by atoms with Crippen LogP contribution in [0.25, 0.3) is 0 Å². The fourth-order valence-electron chi connectivity index (χ4n) is 3.37. The number of ether oxygens (including phenoxy) is 3. The first-order valence-electron chi connectivity index (χ1n) is 9.96. The molecule has 1 fully saturated rings. The predicted molar refractivity (Wildman–Crippen MR) is 110 cm³/mol. The van der Waals surface area contributed by atoms with E-state index in [1.54, 1.807) is 34.7 Å². The van der Waals surface area contributed by atoms with Crippen molar-refractivity contribution in [1.29, 1.82) is 0 Å². The molecule has 1 aliphatic rings. The first kappa shape index (κ1) is 20.8. The maximum absolute atomic E-state index is 12.9. The van der Waals surface area contributed by atoms with Crippen molar-refractivity contribution in [2.24, 2.45) is 7.05 Å². The van der Waals surface area contributed by atoms with Crippen molar-refractivity contribution in [2.45, 2.75) is 33.3 Å². The molecule has 7 nitrogen and oxygen atoms in total. The van der Waals surface area contributed by atoms with Gasteiger partial charge in [0.1, 0.15) is 11.9 Å². The topological polar surface area (TPSA) is 70.0 Å². The molecule has 29 heavy (non-hydrogen) atoms. The standard InChI is InChI=1S/C22H28N2O5/c1-5-27-19-8-7-16(12-20(19)28-6-2)22(26)24-10-9-17(14-24)29-18-11-15(3)23(4)21(25)13-18/h7-8,11-13,17H,5-6,9-10,14H2,1-4H3. The minimum atomic E-state index is -0.139. The van der Waals surface area contributed by atoms with Crippen LogP contribution in [0.3, 0.4) is 0 Å². The Morgan fingerprint density at radius 3 is 2.52 bits per heavy atom. The summed E-state index contributed by atoms with van der Waals surface area (Å²) in [4.78, 5) is 26.7. The second-order valence-electron chi connectivity index (χ2n) is 7.04. The highest BCUT2D eigenvalue weighted by Gasteiger charge is 2.29. The van der Waals surface area contributed by atoms with E-state index >= 15 is 0 Å². The van der Waals surface area contributed by atoms with Crippen molar-refractivity contribution >= 4 is 5.91 Å². The van der Waals surface area contributed by atoms with Gasteiger partial charge in [-0.15, -0.1) is 0 Å². The highest BCUT2D eigenvalue weighted by molar-refractivity contribution is 5.95. The fourth-order valence-corrected chi connectivity index (χ4v) is 3.37. The summed E-state index contributed by atoms with van der Waals surface area (Å²) < 4.78 is 18.7. The van der Waals surface area contributed by atoms with Crippen LogP contribution < -0.4 is 19.8 Å². The smallest absolute Gasteiger partial charge is 0.254 e. The maximum Gasteiger partial charge on any atom is 0.254 e. The molecule has 0 aliphatic carbocycles. The molecule has 0 radical (unpaired) electrons. The number of nitrogens with zero attached hydrogens (tertiary/aromatic N) is 2. The molecule has 2 aromatic rings. The van der Waals surface area contributed by atoms with E-state index in [0.717, 1.165) is 12.1 Å². The summed E-state index contributed by atoms with van der Waals surface area (Å²) in [5.41, 5.74) is 1.28. The summed E-state index contributed by atoms with van der Waals surface area (Å²) in [6.45, 7) is 7.76. The van der Waals surface area contributed by atoms with Gasteiger partial charge in [-0.1, -0.05) is 0 Å². The lowest BCUT2D eigenvalue weighted by Crippen LogP contribution is -2.31. The van der Waals surface area contributed by atoms with Crippen LogP contribution in [0.15, 0.2) is 35.1 Å². The lowest BCUT2D eigenvalue weighted by molar-refractivity contribution is 0.0771. The molecule has 0 saturated carbocycles. The summed E-state index contributed by atoms with van der Waals surface area (Å²) in [6.07, 6.45) is 0.578. The van der Waals surface area contributed by atoms with E-state index in [2.05, 4.69) is 0 Å². The molecule has 7 heteroatoms. The lowest BCUT2D eigenvalue weighted by Gasteiger charge is -2.19. The minimum Gasteiger partial charge on any atom is -0.490 e. The van der Waals surface area contributed by atoms with Gasteiger partial charge in [0, 0.05) is 37.3 Å². The zero-order valence-electron chi connectivity index (χ0n) is 17.4. The van der Waals surface area contributed by atoms with Crippen LogP contribution in [0.4, 0.5) is 0 Å². The summed E-state index contributed by atoms with van der Waals surface area (Å²) in [6, 6.07) is 8.59. The Hall–Kier alpha value is -2.96. The zero-order valence-corrected chi connectivity index (χ0v) is 17.4. The van der Waals surface area contributed by atoms with Crippen molar-refractivity contribution in [3.05, 3.63) is 51.9 Å². The summed E-state index contributed by atoms with van der Waals surface area (Å²) >= 11 is 0. The normalized spacial score (nSPS) is 16.0. The van der Waals surface area contributed by atoms with Gasteiger partial charge in [-0.05, 0) is 45.0 Å². The number of aromatic nitrogens is 1. The van der Waals surface area contributed by atoms with Crippen LogP contribution in [-0.4, -0.2) is 47.8 Å². The molecule has 1 aromatic heterocycles. The Labute approximate surface area is 170 Å². The molecular formula is C22H28N2O5. The third kappa shape index (κ3) is 4.72. The summed E-state index contributed by atoms with van der Waals surface area (Å²) in [7, 11) is 1.73. The Balaban J connectivity index is 1.69. The molecule has 1 atom stereocenters. The van der Waals surface area contributed by atoms with Crippen LogP contribution >= 0.6 is 0 Å². The van der Waals surface area contributed by atoms with Gasteiger partial charge < -0.3 is 23.7 Å². The zero-order chi connectivity index (χ0) is 21.0. The molecule has 1 saturated heterocycles. The molecule has 1 aliphatic heterocycles. The SMILES string of the molecule is CCOc1ccc(C(=O)N2CCC(Oc3cc(C)n(C)c(=O)c3)C2)cc1OCC. The fraction of sp³-hybridized carbons (Fsp3) is 0.455. The van der Waals surface area contributed by atoms with Crippen LogP contribution in [-0.2, 0) is 7.05 Å². The van der Waals surface area contributed by atoms with Gasteiger partial charge in [-0.3, -0.25) is 9.59 Å². The Morgan fingerprint density at radius 2 is 1.83 bits per heavy atom.